The Kier molecular flexibility index (Phi) is 4.76. The van der Waals surface area contributed by atoms with E-state index < -0.39 is 0 Å². The van der Waals surface area contributed by atoms with Crippen molar-refractivity contribution in [3.63, 3.8) is 0 Å². The lowest BCUT2D eigenvalue weighted by Gasteiger charge is -2.27. The molecule has 1 atom stereocenters. The van der Waals surface area contributed by atoms with Crippen molar-refractivity contribution in [2.75, 3.05) is 6.54 Å². The molecule has 112 valence electrons. The summed E-state index contributed by atoms with van der Waals surface area (Å²) in [6.45, 7) is 3.17. The van der Waals surface area contributed by atoms with E-state index in [9.17, 15) is 0 Å². The summed E-state index contributed by atoms with van der Waals surface area (Å²) < 4.78 is 5.46. The van der Waals surface area contributed by atoms with Crippen molar-refractivity contribution >= 4 is 0 Å². The van der Waals surface area contributed by atoms with E-state index in [0.29, 0.717) is 6.04 Å². The summed E-state index contributed by atoms with van der Waals surface area (Å²) >= 11 is 0. The summed E-state index contributed by atoms with van der Waals surface area (Å²) in [5.41, 5.74) is 2.95. The maximum Gasteiger partial charge on any atom is 0.103 e. The predicted molar refractivity (Wildman–Crippen MR) is 86.5 cm³/mol. The van der Waals surface area contributed by atoms with Crippen LogP contribution in [0.25, 0.3) is 0 Å². The normalized spacial score (nSPS) is 16.6. The quantitative estimate of drug-likeness (QED) is 0.787. The van der Waals surface area contributed by atoms with E-state index in [1.165, 1.54) is 30.4 Å². The minimum atomic E-state index is 0.417. The van der Waals surface area contributed by atoms with Crippen LogP contribution in [0.15, 0.2) is 47.1 Å². The Morgan fingerprint density at radius 1 is 1.24 bits per heavy atom. The van der Waals surface area contributed by atoms with E-state index in [-0.39, 0.29) is 0 Å². The van der Waals surface area contributed by atoms with Gasteiger partial charge in [0.1, 0.15) is 5.76 Å². The molecule has 0 amide bonds. The molecule has 0 aliphatic heterocycles. The van der Waals surface area contributed by atoms with Crippen molar-refractivity contribution in [3.05, 3.63) is 59.5 Å². The fraction of sp³-hybridized carbons (Fsp3) is 0.474. The highest BCUT2D eigenvalue weighted by molar-refractivity contribution is 5.29. The zero-order valence-electron chi connectivity index (χ0n) is 12.8. The Morgan fingerprint density at radius 2 is 2.14 bits per heavy atom. The molecule has 2 heteroatoms. The highest BCUT2D eigenvalue weighted by Crippen LogP contribution is 2.37. The molecule has 1 aliphatic rings. The van der Waals surface area contributed by atoms with Crippen LogP contribution in [-0.4, -0.2) is 6.54 Å². The largest absolute Gasteiger partial charge is 0.469 e. The molecule has 3 rings (SSSR count). The third kappa shape index (κ3) is 3.56. The Balaban J connectivity index is 1.70. The topological polar surface area (TPSA) is 25.2 Å². The lowest BCUT2D eigenvalue weighted by Crippen LogP contribution is -2.22. The molecule has 0 spiro atoms. The predicted octanol–water partition coefficient (Wildman–Crippen LogP) is 4.83. The molecular weight excluding hydrogens is 258 g/mol. The van der Waals surface area contributed by atoms with Gasteiger partial charge in [0.2, 0.25) is 0 Å². The molecule has 2 nitrogen and oxygen atoms in total. The number of furan rings is 1. The summed E-state index contributed by atoms with van der Waals surface area (Å²) in [6, 6.07) is 13.6. The molecule has 1 heterocycles. The maximum atomic E-state index is 5.46. The number of benzene rings is 1. The van der Waals surface area contributed by atoms with Crippen LogP contribution >= 0.6 is 0 Å². The lowest BCUT2D eigenvalue weighted by molar-refractivity contribution is 0.418. The fourth-order valence-corrected chi connectivity index (χ4v) is 3.15. The minimum absolute atomic E-state index is 0.417. The summed E-state index contributed by atoms with van der Waals surface area (Å²) in [5.74, 6) is 1.88. The van der Waals surface area contributed by atoms with Crippen LogP contribution in [0.1, 0.15) is 61.5 Å². The van der Waals surface area contributed by atoms with Crippen molar-refractivity contribution in [1.29, 1.82) is 0 Å². The van der Waals surface area contributed by atoms with Gasteiger partial charge in [0, 0.05) is 12.5 Å². The van der Waals surface area contributed by atoms with Gasteiger partial charge in [-0.3, -0.25) is 0 Å². The second kappa shape index (κ2) is 6.95. The number of hydrogen-bond donors (Lipinski definition) is 1. The Labute approximate surface area is 127 Å². The molecule has 0 bridgehead atoms. The van der Waals surface area contributed by atoms with Crippen LogP contribution in [0.4, 0.5) is 0 Å². The van der Waals surface area contributed by atoms with Crippen molar-refractivity contribution in [2.24, 2.45) is 0 Å². The van der Waals surface area contributed by atoms with Crippen molar-refractivity contribution in [1.82, 2.24) is 5.32 Å². The first-order chi connectivity index (χ1) is 10.4. The van der Waals surface area contributed by atoms with Crippen LogP contribution < -0.4 is 5.32 Å². The highest BCUT2D eigenvalue weighted by atomic mass is 16.3. The fourth-order valence-electron chi connectivity index (χ4n) is 3.15. The van der Waals surface area contributed by atoms with Gasteiger partial charge in [-0.2, -0.15) is 0 Å². The number of nitrogens with one attached hydrogen (secondary N) is 1. The molecule has 1 aromatic carbocycles. The standard InChI is InChI=1S/C19H25NO/c1-2-20-19(12-11-18-10-5-13-21-18)17-9-4-8-16(14-17)15-6-3-7-15/h4-5,8-10,13-15,19-20H,2-3,6-7,11-12H2,1H3. The average Bonchev–Trinajstić information content (AvgIpc) is 2.95. The molecule has 1 fully saturated rings. The maximum absolute atomic E-state index is 5.46. The number of hydrogen-bond acceptors (Lipinski definition) is 2. The smallest absolute Gasteiger partial charge is 0.103 e. The van der Waals surface area contributed by atoms with Gasteiger partial charge in [-0.15, -0.1) is 0 Å². The van der Waals surface area contributed by atoms with E-state index in [4.69, 9.17) is 4.42 Å². The lowest BCUT2D eigenvalue weighted by atomic mass is 9.79. The summed E-state index contributed by atoms with van der Waals surface area (Å²) in [4.78, 5) is 0. The highest BCUT2D eigenvalue weighted by Gasteiger charge is 2.20. The molecule has 1 unspecified atom stereocenters. The molecule has 1 aromatic heterocycles. The zero-order valence-corrected chi connectivity index (χ0v) is 12.8. The van der Waals surface area contributed by atoms with Crippen LogP contribution in [-0.2, 0) is 6.42 Å². The molecule has 0 radical (unpaired) electrons. The first-order valence-corrected chi connectivity index (χ1v) is 8.22. The molecular formula is C19H25NO. The first kappa shape index (κ1) is 14.4. The number of aryl methyl sites for hydroxylation is 1. The Morgan fingerprint density at radius 3 is 2.81 bits per heavy atom. The van der Waals surface area contributed by atoms with E-state index in [1.54, 1.807) is 6.26 Å². The van der Waals surface area contributed by atoms with Gasteiger partial charge in [0.15, 0.2) is 0 Å². The van der Waals surface area contributed by atoms with Crippen molar-refractivity contribution < 1.29 is 4.42 Å². The third-order valence-electron chi connectivity index (χ3n) is 4.60. The second-order valence-electron chi connectivity index (χ2n) is 6.03. The van der Waals surface area contributed by atoms with Crippen molar-refractivity contribution in [3.8, 4) is 0 Å². The summed E-state index contributed by atoms with van der Waals surface area (Å²) in [6.07, 6.45) is 7.94. The SMILES string of the molecule is CCNC(CCc1ccco1)c1cccc(C2CCC2)c1. The molecule has 1 N–H and O–H groups in total. The Bertz CT molecular complexity index is 542. The van der Waals surface area contributed by atoms with Crippen molar-refractivity contribution in [2.45, 2.75) is 51.0 Å². The first-order valence-electron chi connectivity index (χ1n) is 8.22. The van der Waals surface area contributed by atoms with Gasteiger partial charge in [0.25, 0.3) is 0 Å². The molecule has 1 saturated carbocycles. The third-order valence-corrected chi connectivity index (χ3v) is 4.60. The molecule has 21 heavy (non-hydrogen) atoms. The van der Waals surface area contributed by atoms with E-state index in [1.807, 2.05) is 6.07 Å². The molecule has 1 aliphatic carbocycles. The zero-order chi connectivity index (χ0) is 14.5. The van der Waals surface area contributed by atoms with E-state index in [0.717, 1.165) is 31.1 Å². The summed E-state index contributed by atoms with van der Waals surface area (Å²) in [7, 11) is 0. The van der Waals surface area contributed by atoms with Crippen LogP contribution in [0.5, 0.6) is 0 Å². The number of rotatable bonds is 7. The van der Waals surface area contributed by atoms with Crippen LogP contribution in [0, 0.1) is 0 Å². The van der Waals surface area contributed by atoms with Crippen LogP contribution in [0.2, 0.25) is 0 Å². The Hall–Kier alpha value is -1.54. The van der Waals surface area contributed by atoms with E-state index in [2.05, 4.69) is 42.6 Å². The minimum Gasteiger partial charge on any atom is -0.469 e. The summed E-state index contributed by atoms with van der Waals surface area (Å²) in [5, 5.41) is 3.62. The van der Waals surface area contributed by atoms with Gasteiger partial charge < -0.3 is 9.73 Å². The molecule has 0 saturated heterocycles. The van der Waals surface area contributed by atoms with E-state index >= 15 is 0 Å². The average molecular weight is 283 g/mol. The van der Waals surface area contributed by atoms with Crippen LogP contribution in [0.3, 0.4) is 0 Å². The monoisotopic (exact) mass is 283 g/mol. The second-order valence-corrected chi connectivity index (χ2v) is 6.03. The van der Waals surface area contributed by atoms with Gasteiger partial charge in [-0.05, 0) is 55.0 Å². The van der Waals surface area contributed by atoms with Gasteiger partial charge in [-0.1, -0.05) is 37.6 Å². The van der Waals surface area contributed by atoms with Gasteiger partial charge >= 0.3 is 0 Å². The molecule has 2 aromatic rings. The van der Waals surface area contributed by atoms with Gasteiger partial charge in [-0.25, -0.2) is 0 Å². The van der Waals surface area contributed by atoms with Gasteiger partial charge in [0.05, 0.1) is 6.26 Å².